The topological polar surface area (TPSA) is 58.4 Å². The molecule has 4 nitrogen and oxygen atoms in total. The Morgan fingerprint density at radius 2 is 2.53 bits per heavy atom. The van der Waals surface area contributed by atoms with Crippen LogP contribution >= 0.6 is 0 Å². The fourth-order valence-electron chi connectivity index (χ4n) is 1.87. The molecule has 15 heavy (non-hydrogen) atoms. The van der Waals surface area contributed by atoms with E-state index in [0.717, 1.165) is 13.0 Å². The summed E-state index contributed by atoms with van der Waals surface area (Å²) in [7, 11) is 2.09. The van der Waals surface area contributed by atoms with Crippen LogP contribution < -0.4 is 11.1 Å². The Hall–Kier alpha value is -0.870. The number of nitrogens with two attached hydrogens (primary N) is 1. The Labute approximate surface area is 91.5 Å². The molecule has 0 aliphatic carbocycles. The van der Waals surface area contributed by atoms with Crippen molar-refractivity contribution >= 4 is 5.91 Å². The molecule has 2 atom stereocenters. The smallest absolute Gasteiger partial charge is 0.237 e. The standard InChI is InChI=1S/C11H21N3O/c1-3-5-10(12)11(15)13-8-9-6-4-7-14(9)2/h3,9-10H,1,4-8,12H2,2H3,(H,13,15). The van der Waals surface area contributed by atoms with E-state index >= 15 is 0 Å². The molecule has 0 aromatic rings. The summed E-state index contributed by atoms with van der Waals surface area (Å²) in [5.41, 5.74) is 5.65. The van der Waals surface area contributed by atoms with Crippen molar-refractivity contribution in [1.29, 1.82) is 0 Å². The van der Waals surface area contributed by atoms with Gasteiger partial charge in [0, 0.05) is 12.6 Å². The average molecular weight is 211 g/mol. The van der Waals surface area contributed by atoms with Crippen LogP contribution in [0.3, 0.4) is 0 Å². The molecule has 2 unspecified atom stereocenters. The fourth-order valence-corrected chi connectivity index (χ4v) is 1.87. The number of hydrogen-bond acceptors (Lipinski definition) is 3. The number of nitrogens with one attached hydrogen (secondary N) is 1. The van der Waals surface area contributed by atoms with Gasteiger partial charge in [-0.1, -0.05) is 6.08 Å². The van der Waals surface area contributed by atoms with Gasteiger partial charge in [-0.2, -0.15) is 0 Å². The Morgan fingerprint density at radius 1 is 1.80 bits per heavy atom. The van der Waals surface area contributed by atoms with Crippen molar-refractivity contribution in [1.82, 2.24) is 10.2 Å². The van der Waals surface area contributed by atoms with Gasteiger partial charge < -0.3 is 16.0 Å². The number of amides is 1. The van der Waals surface area contributed by atoms with Gasteiger partial charge in [0.05, 0.1) is 6.04 Å². The molecule has 1 saturated heterocycles. The summed E-state index contributed by atoms with van der Waals surface area (Å²) in [6, 6.07) is 0.0269. The monoisotopic (exact) mass is 211 g/mol. The molecular weight excluding hydrogens is 190 g/mol. The zero-order chi connectivity index (χ0) is 11.3. The highest BCUT2D eigenvalue weighted by Gasteiger charge is 2.21. The molecule has 0 saturated carbocycles. The van der Waals surface area contributed by atoms with Crippen LogP contribution in [0.1, 0.15) is 19.3 Å². The molecule has 1 amide bonds. The van der Waals surface area contributed by atoms with Crippen molar-refractivity contribution in [2.24, 2.45) is 5.73 Å². The molecule has 1 rings (SSSR count). The van der Waals surface area contributed by atoms with Gasteiger partial charge in [-0.15, -0.1) is 6.58 Å². The number of nitrogens with zero attached hydrogens (tertiary/aromatic N) is 1. The zero-order valence-corrected chi connectivity index (χ0v) is 9.41. The van der Waals surface area contributed by atoms with E-state index in [2.05, 4.69) is 23.8 Å². The number of likely N-dealkylation sites (N-methyl/N-ethyl adjacent to an activating group) is 1. The molecule has 4 heteroatoms. The molecule has 1 fully saturated rings. The van der Waals surface area contributed by atoms with Gasteiger partial charge in [-0.05, 0) is 32.9 Å². The highest BCUT2D eigenvalue weighted by Crippen LogP contribution is 2.13. The normalized spacial score (nSPS) is 23.7. The molecule has 1 aliphatic rings. The maximum Gasteiger partial charge on any atom is 0.237 e. The maximum absolute atomic E-state index is 11.5. The highest BCUT2D eigenvalue weighted by atomic mass is 16.2. The van der Waals surface area contributed by atoms with Gasteiger partial charge in [0.1, 0.15) is 0 Å². The summed E-state index contributed by atoms with van der Waals surface area (Å²) in [6.07, 6.45) is 4.58. The van der Waals surface area contributed by atoms with Crippen molar-refractivity contribution in [3.63, 3.8) is 0 Å². The van der Waals surface area contributed by atoms with E-state index in [-0.39, 0.29) is 5.91 Å². The SMILES string of the molecule is C=CCC(N)C(=O)NCC1CCCN1C. The molecule has 0 radical (unpaired) electrons. The first-order chi connectivity index (χ1) is 7.15. The third-order valence-corrected chi connectivity index (χ3v) is 2.94. The van der Waals surface area contributed by atoms with Crippen molar-refractivity contribution in [2.75, 3.05) is 20.1 Å². The van der Waals surface area contributed by atoms with Gasteiger partial charge in [0.15, 0.2) is 0 Å². The summed E-state index contributed by atoms with van der Waals surface area (Å²) in [5, 5.41) is 2.89. The average Bonchev–Trinajstić information content (AvgIpc) is 2.61. The van der Waals surface area contributed by atoms with Gasteiger partial charge >= 0.3 is 0 Å². The quantitative estimate of drug-likeness (QED) is 0.634. The zero-order valence-electron chi connectivity index (χ0n) is 9.41. The Morgan fingerprint density at radius 3 is 3.07 bits per heavy atom. The summed E-state index contributed by atoms with van der Waals surface area (Å²) in [4.78, 5) is 13.8. The van der Waals surface area contributed by atoms with E-state index in [1.807, 2.05) is 0 Å². The van der Waals surface area contributed by atoms with E-state index in [0.29, 0.717) is 19.0 Å². The van der Waals surface area contributed by atoms with E-state index in [1.54, 1.807) is 6.08 Å². The number of rotatable bonds is 5. The Kier molecular flexibility index (Phi) is 4.78. The van der Waals surface area contributed by atoms with Crippen LogP contribution in [0.2, 0.25) is 0 Å². The predicted octanol–water partition coefficient (Wildman–Crippen LogP) is 0.100. The van der Waals surface area contributed by atoms with Crippen molar-refractivity contribution in [3.8, 4) is 0 Å². The molecular formula is C11H21N3O. The van der Waals surface area contributed by atoms with Crippen molar-refractivity contribution in [2.45, 2.75) is 31.3 Å². The molecule has 0 bridgehead atoms. The van der Waals surface area contributed by atoms with E-state index < -0.39 is 6.04 Å². The lowest BCUT2D eigenvalue weighted by Crippen LogP contribution is -2.45. The minimum Gasteiger partial charge on any atom is -0.353 e. The van der Waals surface area contributed by atoms with Crippen molar-refractivity contribution < 1.29 is 4.79 Å². The van der Waals surface area contributed by atoms with E-state index in [9.17, 15) is 4.79 Å². The Balaban J connectivity index is 2.24. The highest BCUT2D eigenvalue weighted by molar-refractivity contribution is 5.81. The molecule has 3 N–H and O–H groups in total. The third kappa shape index (κ3) is 3.64. The van der Waals surface area contributed by atoms with Gasteiger partial charge in [0.25, 0.3) is 0 Å². The van der Waals surface area contributed by atoms with Gasteiger partial charge in [0.2, 0.25) is 5.91 Å². The first-order valence-electron chi connectivity index (χ1n) is 5.49. The summed E-state index contributed by atoms with van der Waals surface area (Å²) in [5.74, 6) is -0.0739. The second-order valence-electron chi connectivity index (χ2n) is 4.15. The minimum atomic E-state index is -0.450. The molecule has 1 heterocycles. The van der Waals surface area contributed by atoms with E-state index in [1.165, 1.54) is 6.42 Å². The second kappa shape index (κ2) is 5.88. The molecule has 86 valence electrons. The van der Waals surface area contributed by atoms with Crippen LogP contribution in [0.25, 0.3) is 0 Å². The molecule has 0 aromatic carbocycles. The second-order valence-corrected chi connectivity index (χ2v) is 4.15. The third-order valence-electron chi connectivity index (χ3n) is 2.94. The minimum absolute atomic E-state index is 0.0739. The first-order valence-corrected chi connectivity index (χ1v) is 5.49. The van der Waals surface area contributed by atoms with Crippen LogP contribution in [0, 0.1) is 0 Å². The summed E-state index contributed by atoms with van der Waals surface area (Å²) in [6.45, 7) is 5.40. The lowest BCUT2D eigenvalue weighted by Gasteiger charge is -2.20. The maximum atomic E-state index is 11.5. The number of carbonyl (C=O) groups excluding carboxylic acids is 1. The lowest BCUT2D eigenvalue weighted by molar-refractivity contribution is -0.122. The largest absolute Gasteiger partial charge is 0.353 e. The lowest BCUT2D eigenvalue weighted by atomic mass is 10.2. The van der Waals surface area contributed by atoms with Crippen LogP contribution in [0.4, 0.5) is 0 Å². The van der Waals surface area contributed by atoms with Crippen LogP contribution in [-0.2, 0) is 4.79 Å². The Bertz CT molecular complexity index is 230. The number of hydrogen-bond donors (Lipinski definition) is 2. The van der Waals surface area contributed by atoms with Crippen molar-refractivity contribution in [3.05, 3.63) is 12.7 Å². The fraction of sp³-hybridized carbons (Fsp3) is 0.727. The van der Waals surface area contributed by atoms with Crippen LogP contribution in [0.5, 0.6) is 0 Å². The predicted molar refractivity (Wildman–Crippen MR) is 61.5 cm³/mol. The van der Waals surface area contributed by atoms with E-state index in [4.69, 9.17) is 5.73 Å². The molecule has 0 spiro atoms. The summed E-state index contributed by atoms with van der Waals surface area (Å²) < 4.78 is 0. The number of likely N-dealkylation sites (tertiary alicyclic amines) is 1. The van der Waals surface area contributed by atoms with Gasteiger partial charge in [-0.25, -0.2) is 0 Å². The molecule has 0 aromatic heterocycles. The molecule has 1 aliphatic heterocycles. The van der Waals surface area contributed by atoms with Crippen LogP contribution in [-0.4, -0.2) is 43.0 Å². The summed E-state index contributed by atoms with van der Waals surface area (Å²) >= 11 is 0. The van der Waals surface area contributed by atoms with Crippen LogP contribution in [0.15, 0.2) is 12.7 Å². The van der Waals surface area contributed by atoms with Gasteiger partial charge in [-0.3, -0.25) is 4.79 Å². The number of carbonyl (C=O) groups is 1. The first kappa shape index (κ1) is 12.2.